The zero-order valence-electron chi connectivity index (χ0n) is 10.5. The third-order valence-corrected chi connectivity index (χ3v) is 2.64. The number of carbonyl (C=O) groups excluding carboxylic acids is 1. The molecule has 0 aliphatic heterocycles. The zero-order chi connectivity index (χ0) is 12.1. The maximum Gasteiger partial charge on any atom is 0.0414 e. The fraction of sp³-hybridized carbons (Fsp3) is 0.786. The van der Waals surface area contributed by atoms with Crippen LogP contribution in [-0.4, -0.2) is 5.97 Å². The molecule has 0 amide bonds. The lowest BCUT2D eigenvalue weighted by molar-refractivity contribution is -0.305. The maximum absolute atomic E-state index is 10.1. The Morgan fingerprint density at radius 1 is 0.938 bits per heavy atom. The topological polar surface area (TPSA) is 40.1 Å². The quantitative estimate of drug-likeness (QED) is 0.400. The zero-order valence-corrected chi connectivity index (χ0v) is 10.5. The van der Waals surface area contributed by atoms with E-state index in [9.17, 15) is 9.90 Å². The Kier molecular flexibility index (Phi) is 11.7. The molecule has 0 aliphatic carbocycles. The van der Waals surface area contributed by atoms with Crippen molar-refractivity contribution in [3.8, 4) is 0 Å². The van der Waals surface area contributed by atoms with Crippen molar-refractivity contribution >= 4 is 5.97 Å². The van der Waals surface area contributed by atoms with Crippen LogP contribution in [0.4, 0.5) is 0 Å². The van der Waals surface area contributed by atoms with E-state index in [4.69, 9.17) is 0 Å². The molecule has 0 N–H and O–H groups in total. The second kappa shape index (κ2) is 12.3. The van der Waals surface area contributed by atoms with Gasteiger partial charge in [-0.25, -0.2) is 0 Å². The van der Waals surface area contributed by atoms with Crippen LogP contribution in [-0.2, 0) is 4.79 Å². The van der Waals surface area contributed by atoms with Crippen LogP contribution < -0.4 is 5.11 Å². The van der Waals surface area contributed by atoms with Crippen molar-refractivity contribution in [3.05, 3.63) is 12.2 Å². The van der Waals surface area contributed by atoms with Crippen molar-refractivity contribution in [2.24, 2.45) is 0 Å². The highest BCUT2D eigenvalue weighted by Crippen LogP contribution is 2.07. The Balaban J connectivity index is 3.03. The van der Waals surface area contributed by atoms with Crippen molar-refractivity contribution in [2.75, 3.05) is 0 Å². The molecule has 0 heterocycles. The van der Waals surface area contributed by atoms with E-state index < -0.39 is 5.97 Å². The van der Waals surface area contributed by atoms with Crippen LogP contribution >= 0.6 is 0 Å². The average Bonchev–Trinajstić information content (AvgIpc) is 2.25. The van der Waals surface area contributed by atoms with Gasteiger partial charge < -0.3 is 9.90 Å². The molecular formula is C14H25O2-. The van der Waals surface area contributed by atoms with Gasteiger partial charge in [0.2, 0.25) is 0 Å². The molecule has 0 unspecified atom stereocenters. The number of carbonyl (C=O) groups is 1. The first-order valence-corrected chi connectivity index (χ1v) is 6.62. The van der Waals surface area contributed by atoms with Crippen molar-refractivity contribution in [1.82, 2.24) is 0 Å². The Hall–Kier alpha value is -0.790. The predicted molar refractivity (Wildman–Crippen MR) is 66.0 cm³/mol. The van der Waals surface area contributed by atoms with Crippen LogP contribution in [0.1, 0.15) is 71.1 Å². The van der Waals surface area contributed by atoms with Gasteiger partial charge >= 0.3 is 0 Å². The first-order valence-electron chi connectivity index (χ1n) is 6.62. The van der Waals surface area contributed by atoms with Gasteiger partial charge in [-0.05, 0) is 32.1 Å². The summed E-state index contributed by atoms with van der Waals surface area (Å²) in [5.74, 6) is -0.918. The van der Waals surface area contributed by atoms with Crippen LogP contribution in [0.25, 0.3) is 0 Å². The number of hydrogen-bond acceptors (Lipinski definition) is 2. The fourth-order valence-electron chi connectivity index (χ4n) is 1.62. The lowest BCUT2D eigenvalue weighted by atomic mass is 10.1. The summed E-state index contributed by atoms with van der Waals surface area (Å²) in [6, 6.07) is 0. The Bertz CT molecular complexity index is 185. The molecular weight excluding hydrogens is 200 g/mol. The SMILES string of the molecule is CCCC/C=C/CCCCCCCC(=O)[O-]. The Morgan fingerprint density at radius 3 is 2.12 bits per heavy atom. The highest BCUT2D eigenvalue weighted by atomic mass is 16.4. The van der Waals surface area contributed by atoms with Crippen LogP contribution in [0.15, 0.2) is 12.2 Å². The third kappa shape index (κ3) is 13.2. The van der Waals surface area contributed by atoms with Crippen LogP contribution in [0.2, 0.25) is 0 Å². The number of aliphatic carboxylic acids is 1. The monoisotopic (exact) mass is 225 g/mol. The summed E-state index contributed by atoms with van der Waals surface area (Å²) in [4.78, 5) is 10.1. The van der Waals surface area contributed by atoms with Crippen LogP contribution in [0.3, 0.4) is 0 Å². The molecule has 0 atom stereocenters. The van der Waals surface area contributed by atoms with E-state index in [1.807, 2.05) is 0 Å². The molecule has 0 saturated carbocycles. The molecule has 0 aliphatic rings. The number of carboxylic acids is 1. The molecule has 0 aromatic carbocycles. The minimum atomic E-state index is -0.918. The Morgan fingerprint density at radius 2 is 1.50 bits per heavy atom. The second-order valence-electron chi connectivity index (χ2n) is 4.29. The van der Waals surface area contributed by atoms with E-state index in [1.54, 1.807) is 0 Å². The van der Waals surface area contributed by atoms with Gasteiger partial charge in [0.1, 0.15) is 0 Å². The summed E-state index contributed by atoms with van der Waals surface area (Å²) < 4.78 is 0. The van der Waals surface area contributed by atoms with Gasteiger partial charge in [0.05, 0.1) is 0 Å². The van der Waals surface area contributed by atoms with Gasteiger partial charge in [-0.2, -0.15) is 0 Å². The van der Waals surface area contributed by atoms with E-state index in [-0.39, 0.29) is 6.42 Å². The molecule has 16 heavy (non-hydrogen) atoms. The minimum absolute atomic E-state index is 0.219. The van der Waals surface area contributed by atoms with Crippen LogP contribution in [0, 0.1) is 0 Å². The number of hydrogen-bond donors (Lipinski definition) is 0. The Labute approximate surface area is 99.7 Å². The standard InChI is InChI=1S/C14H26O2/c1-2-3-4-5-6-7-8-9-10-11-12-13-14(15)16/h5-6H,2-4,7-13H2,1H3,(H,15,16)/p-1/b6-5+. The van der Waals surface area contributed by atoms with Gasteiger partial charge in [-0.3, -0.25) is 0 Å². The highest BCUT2D eigenvalue weighted by molar-refractivity contribution is 5.63. The molecule has 0 aromatic rings. The molecule has 2 heteroatoms. The van der Waals surface area contributed by atoms with E-state index >= 15 is 0 Å². The molecule has 0 rings (SSSR count). The molecule has 0 bridgehead atoms. The first-order chi connectivity index (χ1) is 7.77. The smallest absolute Gasteiger partial charge is 0.0414 e. The van der Waals surface area contributed by atoms with Crippen molar-refractivity contribution in [3.63, 3.8) is 0 Å². The largest absolute Gasteiger partial charge is 0.550 e. The molecule has 94 valence electrons. The lowest BCUT2D eigenvalue weighted by Crippen LogP contribution is -2.21. The molecule has 0 spiro atoms. The number of allylic oxidation sites excluding steroid dienone is 2. The summed E-state index contributed by atoms with van der Waals surface area (Å²) >= 11 is 0. The number of rotatable bonds is 11. The molecule has 0 fully saturated rings. The van der Waals surface area contributed by atoms with Gasteiger partial charge in [0.15, 0.2) is 0 Å². The van der Waals surface area contributed by atoms with Crippen molar-refractivity contribution in [2.45, 2.75) is 71.1 Å². The summed E-state index contributed by atoms with van der Waals surface area (Å²) in [6.45, 7) is 2.21. The highest BCUT2D eigenvalue weighted by Gasteiger charge is 1.90. The molecule has 0 aromatic heterocycles. The van der Waals surface area contributed by atoms with E-state index in [1.165, 1.54) is 38.5 Å². The fourth-order valence-corrected chi connectivity index (χ4v) is 1.62. The third-order valence-electron chi connectivity index (χ3n) is 2.64. The lowest BCUT2D eigenvalue weighted by Gasteiger charge is -2.01. The van der Waals surface area contributed by atoms with Crippen molar-refractivity contribution in [1.29, 1.82) is 0 Å². The summed E-state index contributed by atoms with van der Waals surface area (Å²) in [6.07, 6.45) is 15.1. The molecule has 0 radical (unpaired) electrons. The minimum Gasteiger partial charge on any atom is -0.550 e. The number of unbranched alkanes of at least 4 members (excludes halogenated alkanes) is 7. The number of carboxylic acid groups (broad SMARTS) is 1. The first kappa shape index (κ1) is 15.2. The van der Waals surface area contributed by atoms with E-state index in [0.29, 0.717) is 0 Å². The second-order valence-corrected chi connectivity index (χ2v) is 4.29. The predicted octanol–water partition coefficient (Wildman–Crippen LogP) is 3.21. The molecule has 0 saturated heterocycles. The summed E-state index contributed by atoms with van der Waals surface area (Å²) in [5.41, 5.74) is 0. The van der Waals surface area contributed by atoms with Gasteiger partial charge in [0.25, 0.3) is 0 Å². The van der Waals surface area contributed by atoms with Gasteiger partial charge in [0, 0.05) is 5.97 Å². The maximum atomic E-state index is 10.1. The summed E-state index contributed by atoms with van der Waals surface area (Å²) in [5, 5.41) is 10.1. The average molecular weight is 225 g/mol. The van der Waals surface area contributed by atoms with E-state index in [0.717, 1.165) is 19.3 Å². The van der Waals surface area contributed by atoms with Crippen molar-refractivity contribution < 1.29 is 9.90 Å². The van der Waals surface area contributed by atoms with E-state index in [2.05, 4.69) is 19.1 Å². The summed E-state index contributed by atoms with van der Waals surface area (Å²) in [7, 11) is 0. The van der Waals surface area contributed by atoms with Crippen LogP contribution in [0.5, 0.6) is 0 Å². The van der Waals surface area contributed by atoms with Gasteiger partial charge in [-0.15, -0.1) is 0 Å². The normalized spacial score (nSPS) is 11.1. The molecule has 2 nitrogen and oxygen atoms in total. The van der Waals surface area contributed by atoms with Gasteiger partial charge in [-0.1, -0.05) is 51.2 Å².